The minimum Gasteiger partial charge on any atom is -0.288 e. The first kappa shape index (κ1) is 14.1. The molecule has 0 aromatic heterocycles. The number of thioether (sulfide) groups is 1. The molecule has 0 unspecified atom stereocenters. The van der Waals surface area contributed by atoms with Crippen LogP contribution in [-0.2, 0) is 11.2 Å². The van der Waals surface area contributed by atoms with E-state index in [-0.39, 0.29) is 5.91 Å². The highest BCUT2D eigenvalue weighted by atomic mass is 32.2. The van der Waals surface area contributed by atoms with Crippen molar-refractivity contribution in [2.24, 2.45) is 4.99 Å². The SMILES string of the molecule is CC(=C=C1SC(=NC#N)N(C)C1=O)Cc1ccccc1. The van der Waals surface area contributed by atoms with Crippen molar-refractivity contribution in [3.05, 3.63) is 52.1 Å². The van der Waals surface area contributed by atoms with E-state index < -0.39 is 0 Å². The van der Waals surface area contributed by atoms with Gasteiger partial charge in [0, 0.05) is 13.5 Å². The molecule has 20 heavy (non-hydrogen) atoms. The second-order valence-corrected chi connectivity index (χ2v) is 5.33. The van der Waals surface area contributed by atoms with Gasteiger partial charge in [0.2, 0.25) is 6.19 Å². The van der Waals surface area contributed by atoms with Gasteiger partial charge in [0.25, 0.3) is 5.91 Å². The van der Waals surface area contributed by atoms with Gasteiger partial charge in [-0.05, 0) is 29.8 Å². The predicted molar refractivity (Wildman–Crippen MR) is 79.8 cm³/mol. The summed E-state index contributed by atoms with van der Waals surface area (Å²) < 4.78 is 0. The van der Waals surface area contributed by atoms with Crippen LogP contribution in [0.1, 0.15) is 12.5 Å². The first-order valence-corrected chi connectivity index (χ1v) is 6.86. The molecule has 4 nitrogen and oxygen atoms in total. The lowest BCUT2D eigenvalue weighted by atomic mass is 10.1. The van der Waals surface area contributed by atoms with E-state index in [0.29, 0.717) is 10.1 Å². The molecular weight excluding hydrogens is 270 g/mol. The van der Waals surface area contributed by atoms with Crippen molar-refractivity contribution in [3.63, 3.8) is 0 Å². The third kappa shape index (κ3) is 3.18. The summed E-state index contributed by atoms with van der Waals surface area (Å²) in [5.74, 6) is -0.170. The Bertz CT molecular complexity index is 664. The number of rotatable bonds is 2. The van der Waals surface area contributed by atoms with Gasteiger partial charge in [-0.15, -0.1) is 10.7 Å². The highest BCUT2D eigenvalue weighted by Crippen LogP contribution is 2.29. The molecule has 0 saturated carbocycles. The van der Waals surface area contributed by atoms with Crippen molar-refractivity contribution in [2.75, 3.05) is 7.05 Å². The minimum absolute atomic E-state index is 0.170. The van der Waals surface area contributed by atoms with E-state index in [1.54, 1.807) is 13.2 Å². The van der Waals surface area contributed by atoms with E-state index >= 15 is 0 Å². The van der Waals surface area contributed by atoms with Crippen LogP contribution in [0.3, 0.4) is 0 Å². The summed E-state index contributed by atoms with van der Waals surface area (Å²) in [6.07, 6.45) is 2.44. The van der Waals surface area contributed by atoms with Gasteiger partial charge < -0.3 is 0 Å². The molecule has 1 amide bonds. The van der Waals surface area contributed by atoms with E-state index in [9.17, 15) is 4.79 Å². The summed E-state index contributed by atoms with van der Waals surface area (Å²) in [5, 5.41) is 8.97. The van der Waals surface area contributed by atoms with Crippen molar-refractivity contribution in [2.45, 2.75) is 13.3 Å². The summed E-state index contributed by atoms with van der Waals surface area (Å²) in [5.41, 5.74) is 5.26. The van der Waals surface area contributed by atoms with Crippen LogP contribution >= 0.6 is 11.8 Å². The molecular formula is C15H13N3OS. The third-order valence-corrected chi connectivity index (χ3v) is 3.79. The second-order valence-electron chi connectivity index (χ2n) is 4.36. The van der Waals surface area contributed by atoms with E-state index in [4.69, 9.17) is 5.26 Å². The highest BCUT2D eigenvalue weighted by Gasteiger charge is 2.30. The molecule has 1 aromatic carbocycles. The van der Waals surface area contributed by atoms with Crippen LogP contribution in [0.2, 0.25) is 0 Å². The molecule has 1 aliphatic rings. The van der Waals surface area contributed by atoms with E-state index in [1.807, 2.05) is 37.3 Å². The van der Waals surface area contributed by atoms with Crippen molar-refractivity contribution in [3.8, 4) is 6.19 Å². The Balaban J connectivity index is 2.26. The molecule has 1 heterocycles. The van der Waals surface area contributed by atoms with Crippen LogP contribution in [0.5, 0.6) is 0 Å². The molecule has 100 valence electrons. The normalized spacial score (nSPS) is 16.2. The zero-order chi connectivity index (χ0) is 14.5. The van der Waals surface area contributed by atoms with Gasteiger partial charge in [-0.3, -0.25) is 9.69 Å². The molecule has 0 radical (unpaired) electrons. The van der Waals surface area contributed by atoms with Crippen molar-refractivity contribution in [1.82, 2.24) is 4.90 Å². The molecule has 0 atom stereocenters. The second kappa shape index (κ2) is 6.25. The Morgan fingerprint density at radius 2 is 2.10 bits per heavy atom. The fourth-order valence-electron chi connectivity index (χ4n) is 1.80. The lowest BCUT2D eigenvalue weighted by Crippen LogP contribution is -2.23. The number of benzene rings is 1. The predicted octanol–water partition coefficient (Wildman–Crippen LogP) is 2.70. The molecule has 0 bridgehead atoms. The number of nitriles is 1. The van der Waals surface area contributed by atoms with Crippen LogP contribution in [0.25, 0.3) is 0 Å². The quantitative estimate of drug-likeness (QED) is 0.476. The molecule has 0 aliphatic carbocycles. The van der Waals surface area contributed by atoms with Crippen molar-refractivity contribution >= 4 is 22.8 Å². The molecule has 5 heteroatoms. The smallest absolute Gasteiger partial charge is 0.274 e. The standard InChI is InChI=1S/C15H13N3OS/c1-11(8-12-6-4-3-5-7-12)9-13-14(19)18(2)15(20-13)17-10-16/h3-7H,8H2,1-2H3. The van der Waals surface area contributed by atoms with Gasteiger partial charge >= 0.3 is 0 Å². The van der Waals surface area contributed by atoms with E-state index in [1.165, 1.54) is 22.2 Å². The van der Waals surface area contributed by atoms with Crippen LogP contribution in [0.15, 0.2) is 51.5 Å². The number of nitrogens with zero attached hydrogens (tertiary/aromatic N) is 3. The number of hydrogen-bond donors (Lipinski definition) is 0. The van der Waals surface area contributed by atoms with Crippen LogP contribution in [0.4, 0.5) is 0 Å². The van der Waals surface area contributed by atoms with Gasteiger partial charge in [0.15, 0.2) is 5.17 Å². The van der Waals surface area contributed by atoms with E-state index in [2.05, 4.69) is 10.7 Å². The zero-order valence-corrected chi connectivity index (χ0v) is 12.1. The Morgan fingerprint density at radius 1 is 1.40 bits per heavy atom. The Morgan fingerprint density at radius 3 is 2.75 bits per heavy atom. The zero-order valence-electron chi connectivity index (χ0n) is 11.3. The average Bonchev–Trinajstić information content (AvgIpc) is 2.69. The number of aliphatic imine (C=N–C) groups is 1. The topological polar surface area (TPSA) is 56.5 Å². The Kier molecular flexibility index (Phi) is 4.41. The number of likely N-dealkylation sites (N-methyl/N-ethyl adjacent to an activating group) is 1. The number of hydrogen-bond acceptors (Lipinski definition) is 4. The van der Waals surface area contributed by atoms with E-state index in [0.717, 1.165) is 12.0 Å². The molecule has 1 aromatic rings. The lowest BCUT2D eigenvalue weighted by molar-refractivity contribution is -0.121. The maximum atomic E-state index is 12.0. The monoisotopic (exact) mass is 283 g/mol. The first-order valence-electron chi connectivity index (χ1n) is 6.05. The van der Waals surface area contributed by atoms with Crippen LogP contribution < -0.4 is 0 Å². The Hall–Kier alpha value is -2.28. The summed E-state index contributed by atoms with van der Waals surface area (Å²) in [4.78, 5) is 17.4. The summed E-state index contributed by atoms with van der Waals surface area (Å²) in [6.45, 7) is 1.94. The van der Waals surface area contributed by atoms with Crippen molar-refractivity contribution in [1.29, 1.82) is 5.26 Å². The summed E-state index contributed by atoms with van der Waals surface area (Å²) >= 11 is 1.18. The maximum absolute atomic E-state index is 12.0. The summed E-state index contributed by atoms with van der Waals surface area (Å²) in [6, 6.07) is 10.0. The fraction of sp³-hybridized carbons (Fsp3) is 0.200. The largest absolute Gasteiger partial charge is 0.288 e. The van der Waals surface area contributed by atoms with Gasteiger partial charge in [-0.25, -0.2) is 0 Å². The average molecular weight is 283 g/mol. The highest BCUT2D eigenvalue weighted by molar-refractivity contribution is 8.18. The number of carbonyl (C=O) groups is 1. The molecule has 1 saturated heterocycles. The van der Waals surface area contributed by atoms with Crippen LogP contribution in [0, 0.1) is 11.5 Å². The van der Waals surface area contributed by atoms with Gasteiger partial charge in [-0.2, -0.15) is 5.26 Å². The van der Waals surface area contributed by atoms with Gasteiger partial charge in [0.05, 0.1) is 0 Å². The first-order chi connectivity index (χ1) is 9.61. The number of amides is 1. The minimum atomic E-state index is -0.170. The molecule has 0 spiro atoms. The molecule has 0 N–H and O–H groups in total. The maximum Gasteiger partial charge on any atom is 0.274 e. The summed E-state index contributed by atoms with van der Waals surface area (Å²) in [7, 11) is 1.60. The number of amidine groups is 1. The van der Waals surface area contributed by atoms with Gasteiger partial charge in [-0.1, -0.05) is 30.3 Å². The van der Waals surface area contributed by atoms with Gasteiger partial charge in [0.1, 0.15) is 4.91 Å². The number of carbonyl (C=O) groups excluding carboxylic acids is 1. The van der Waals surface area contributed by atoms with Crippen molar-refractivity contribution < 1.29 is 4.79 Å². The lowest BCUT2D eigenvalue weighted by Gasteiger charge is -2.03. The Labute approximate surface area is 122 Å². The molecule has 1 aliphatic heterocycles. The third-order valence-electron chi connectivity index (χ3n) is 2.76. The molecule has 1 fully saturated rings. The fourth-order valence-corrected chi connectivity index (χ4v) is 2.74. The molecule has 2 rings (SSSR count). The van der Waals surface area contributed by atoms with Crippen LogP contribution in [-0.4, -0.2) is 23.0 Å².